The highest BCUT2D eigenvalue weighted by Crippen LogP contribution is 2.30. The van der Waals surface area contributed by atoms with Crippen molar-refractivity contribution in [1.29, 1.82) is 0 Å². The number of carboxylic acids is 1. The molecular formula is C17H19NO3. The molecule has 2 aromatic rings. The third kappa shape index (κ3) is 2.99. The lowest BCUT2D eigenvalue weighted by Crippen LogP contribution is -2.03. The zero-order chi connectivity index (χ0) is 14.8. The van der Waals surface area contributed by atoms with E-state index in [0.29, 0.717) is 18.1 Å². The fraction of sp³-hybridized carbons (Fsp3) is 0.412. The van der Waals surface area contributed by atoms with Crippen molar-refractivity contribution < 1.29 is 14.3 Å². The molecule has 0 amide bonds. The molecule has 0 saturated carbocycles. The zero-order valence-electron chi connectivity index (χ0n) is 12.2. The van der Waals surface area contributed by atoms with E-state index in [1.807, 2.05) is 0 Å². The molecule has 110 valence electrons. The number of hydrogen-bond donors (Lipinski definition) is 1. The number of aliphatic carboxylic acids is 1. The van der Waals surface area contributed by atoms with Gasteiger partial charge in [0.25, 0.3) is 0 Å². The first-order valence-corrected chi connectivity index (χ1v) is 7.44. The summed E-state index contributed by atoms with van der Waals surface area (Å²) in [7, 11) is 0. The lowest BCUT2D eigenvalue weighted by molar-refractivity contribution is -0.137. The average Bonchev–Trinajstić information content (AvgIpc) is 2.85. The van der Waals surface area contributed by atoms with Crippen LogP contribution in [0.15, 0.2) is 22.6 Å². The molecule has 1 N–H and O–H groups in total. The van der Waals surface area contributed by atoms with Gasteiger partial charge in [0, 0.05) is 18.9 Å². The van der Waals surface area contributed by atoms with Gasteiger partial charge in [-0.25, -0.2) is 4.98 Å². The van der Waals surface area contributed by atoms with Gasteiger partial charge in [-0.15, -0.1) is 0 Å². The Morgan fingerprint density at radius 1 is 1.29 bits per heavy atom. The summed E-state index contributed by atoms with van der Waals surface area (Å²) in [6.45, 7) is 1.80. The van der Waals surface area contributed by atoms with Crippen molar-refractivity contribution in [2.24, 2.45) is 0 Å². The Balaban J connectivity index is 1.94. The Bertz CT molecular complexity index is 673. The molecule has 1 aromatic carbocycles. The molecule has 0 radical (unpaired) electrons. The van der Waals surface area contributed by atoms with Gasteiger partial charge < -0.3 is 9.52 Å². The van der Waals surface area contributed by atoms with Crippen LogP contribution < -0.4 is 0 Å². The smallest absolute Gasteiger partial charge is 0.303 e. The van der Waals surface area contributed by atoms with Crippen LogP contribution >= 0.6 is 0 Å². The maximum absolute atomic E-state index is 10.8. The predicted octanol–water partition coefficient (Wildman–Crippen LogP) is 3.55. The third-order valence-corrected chi connectivity index (χ3v) is 3.99. The standard InChI is InChI=1S/C17H19NO3/c1-11-18-17(15(21-11)8-9-16(19)20)14-7-6-12-4-2-3-5-13(12)10-14/h6-7,10H,2-5,8-9H2,1H3,(H,19,20). The second-order valence-corrected chi connectivity index (χ2v) is 5.59. The van der Waals surface area contributed by atoms with E-state index >= 15 is 0 Å². The number of nitrogens with zero attached hydrogens (tertiary/aromatic N) is 1. The molecule has 1 aromatic heterocycles. The predicted molar refractivity (Wildman–Crippen MR) is 79.3 cm³/mol. The Hall–Kier alpha value is -2.10. The van der Waals surface area contributed by atoms with Crippen LogP contribution in [-0.4, -0.2) is 16.1 Å². The molecule has 0 spiro atoms. The van der Waals surface area contributed by atoms with E-state index < -0.39 is 5.97 Å². The van der Waals surface area contributed by atoms with Crippen LogP contribution in [0.4, 0.5) is 0 Å². The van der Waals surface area contributed by atoms with Gasteiger partial charge in [-0.05, 0) is 42.9 Å². The van der Waals surface area contributed by atoms with Crippen LogP contribution in [0, 0.1) is 6.92 Å². The minimum Gasteiger partial charge on any atom is -0.481 e. The Kier molecular flexibility index (Phi) is 3.78. The molecular weight excluding hydrogens is 266 g/mol. The lowest BCUT2D eigenvalue weighted by atomic mass is 9.89. The molecule has 1 heterocycles. The number of fused-ring (bicyclic) bond motifs is 1. The van der Waals surface area contributed by atoms with Crippen LogP contribution in [0.1, 0.15) is 42.0 Å². The van der Waals surface area contributed by atoms with E-state index in [-0.39, 0.29) is 6.42 Å². The van der Waals surface area contributed by atoms with Crippen molar-refractivity contribution in [3.05, 3.63) is 41.0 Å². The van der Waals surface area contributed by atoms with E-state index in [0.717, 1.165) is 24.1 Å². The number of oxazole rings is 1. The fourth-order valence-corrected chi connectivity index (χ4v) is 2.97. The topological polar surface area (TPSA) is 63.3 Å². The summed E-state index contributed by atoms with van der Waals surface area (Å²) in [4.78, 5) is 15.2. The number of hydrogen-bond acceptors (Lipinski definition) is 3. The van der Waals surface area contributed by atoms with Crippen LogP contribution in [0.3, 0.4) is 0 Å². The first-order chi connectivity index (χ1) is 10.1. The molecule has 1 aliphatic rings. The number of aryl methyl sites for hydroxylation is 4. The maximum atomic E-state index is 10.8. The van der Waals surface area contributed by atoms with Crippen LogP contribution in [0.25, 0.3) is 11.3 Å². The van der Waals surface area contributed by atoms with Gasteiger partial charge in [-0.1, -0.05) is 12.1 Å². The van der Waals surface area contributed by atoms with E-state index in [2.05, 4.69) is 23.2 Å². The monoisotopic (exact) mass is 285 g/mol. The van der Waals surface area contributed by atoms with Gasteiger partial charge in [-0.2, -0.15) is 0 Å². The number of carboxylic acid groups (broad SMARTS) is 1. The van der Waals surface area contributed by atoms with E-state index in [9.17, 15) is 4.79 Å². The normalized spacial score (nSPS) is 14.0. The summed E-state index contributed by atoms with van der Waals surface area (Å²) in [5.74, 6) is 0.439. The van der Waals surface area contributed by atoms with Crippen molar-refractivity contribution >= 4 is 5.97 Å². The molecule has 0 atom stereocenters. The van der Waals surface area contributed by atoms with Gasteiger partial charge in [0.1, 0.15) is 11.5 Å². The van der Waals surface area contributed by atoms with Gasteiger partial charge in [0.15, 0.2) is 5.89 Å². The minimum atomic E-state index is -0.819. The molecule has 4 nitrogen and oxygen atoms in total. The van der Waals surface area contributed by atoms with Crippen molar-refractivity contribution in [2.45, 2.75) is 45.4 Å². The van der Waals surface area contributed by atoms with Gasteiger partial charge >= 0.3 is 5.97 Å². The molecule has 0 saturated heterocycles. The second-order valence-electron chi connectivity index (χ2n) is 5.59. The highest BCUT2D eigenvalue weighted by atomic mass is 16.4. The van der Waals surface area contributed by atoms with Crippen molar-refractivity contribution in [3.63, 3.8) is 0 Å². The van der Waals surface area contributed by atoms with Crippen molar-refractivity contribution in [2.75, 3.05) is 0 Å². The second kappa shape index (κ2) is 5.72. The van der Waals surface area contributed by atoms with Gasteiger partial charge in [-0.3, -0.25) is 4.79 Å². The largest absolute Gasteiger partial charge is 0.481 e. The molecule has 21 heavy (non-hydrogen) atoms. The number of rotatable bonds is 4. The van der Waals surface area contributed by atoms with E-state index in [1.54, 1.807) is 6.92 Å². The Morgan fingerprint density at radius 3 is 2.81 bits per heavy atom. The summed E-state index contributed by atoms with van der Waals surface area (Å²) >= 11 is 0. The third-order valence-electron chi connectivity index (χ3n) is 3.99. The van der Waals surface area contributed by atoms with Crippen LogP contribution in [0.5, 0.6) is 0 Å². The quantitative estimate of drug-likeness (QED) is 0.933. The van der Waals surface area contributed by atoms with Crippen molar-refractivity contribution in [3.8, 4) is 11.3 Å². The summed E-state index contributed by atoms with van der Waals surface area (Å²) in [5.41, 5.74) is 4.65. The fourth-order valence-electron chi connectivity index (χ4n) is 2.97. The summed E-state index contributed by atoms with van der Waals surface area (Å²) in [6, 6.07) is 6.44. The van der Waals surface area contributed by atoms with Crippen LogP contribution in [-0.2, 0) is 24.1 Å². The summed E-state index contributed by atoms with van der Waals surface area (Å²) in [5, 5.41) is 8.84. The van der Waals surface area contributed by atoms with E-state index in [4.69, 9.17) is 9.52 Å². The summed E-state index contributed by atoms with van der Waals surface area (Å²) < 4.78 is 5.59. The van der Waals surface area contributed by atoms with Crippen molar-refractivity contribution in [1.82, 2.24) is 4.98 Å². The lowest BCUT2D eigenvalue weighted by Gasteiger charge is -2.16. The first-order valence-electron chi connectivity index (χ1n) is 7.44. The minimum absolute atomic E-state index is 0.0621. The van der Waals surface area contributed by atoms with Crippen LogP contribution in [0.2, 0.25) is 0 Å². The molecule has 4 heteroatoms. The molecule has 0 fully saturated rings. The Labute approximate surface area is 123 Å². The Morgan fingerprint density at radius 2 is 2.05 bits per heavy atom. The SMILES string of the molecule is Cc1nc(-c2ccc3c(c2)CCCC3)c(CCC(=O)O)o1. The van der Waals surface area contributed by atoms with E-state index in [1.165, 1.54) is 24.0 Å². The molecule has 1 aliphatic carbocycles. The maximum Gasteiger partial charge on any atom is 0.303 e. The number of aromatic nitrogens is 1. The molecule has 3 rings (SSSR count). The molecule has 0 aliphatic heterocycles. The first kappa shape index (κ1) is 13.9. The van der Waals surface area contributed by atoms with Gasteiger partial charge in [0.2, 0.25) is 0 Å². The highest BCUT2D eigenvalue weighted by molar-refractivity contribution is 5.68. The number of benzene rings is 1. The highest BCUT2D eigenvalue weighted by Gasteiger charge is 2.17. The molecule has 0 bridgehead atoms. The van der Waals surface area contributed by atoms with Gasteiger partial charge in [0.05, 0.1) is 6.42 Å². The molecule has 0 unspecified atom stereocenters. The average molecular weight is 285 g/mol. The zero-order valence-corrected chi connectivity index (χ0v) is 12.2. The number of carbonyl (C=O) groups is 1. The summed E-state index contributed by atoms with van der Waals surface area (Å²) in [6.07, 6.45) is 5.21.